The van der Waals surface area contributed by atoms with Crippen LogP contribution in [0.2, 0.25) is 0 Å². The van der Waals surface area contributed by atoms with Crippen molar-refractivity contribution in [3.8, 4) is 11.3 Å². The number of nitrogens with zero attached hydrogens (tertiary/aromatic N) is 1. The molecule has 0 aliphatic carbocycles. The molecule has 0 radical (unpaired) electrons. The van der Waals surface area contributed by atoms with E-state index in [1.54, 1.807) is 35.2 Å². The molecule has 2 heterocycles. The highest BCUT2D eigenvalue weighted by Crippen LogP contribution is 2.34. The number of thiocarbonyl (C=S) groups is 1. The van der Waals surface area contributed by atoms with Crippen LogP contribution in [0.1, 0.15) is 76.9 Å². The third-order valence-electron chi connectivity index (χ3n) is 5.62. The Bertz CT molecular complexity index is 937. The van der Waals surface area contributed by atoms with Gasteiger partial charge >= 0.3 is 0 Å². The van der Waals surface area contributed by atoms with Gasteiger partial charge in [0.15, 0.2) is 0 Å². The molecule has 1 aliphatic rings. The Hall–Kier alpha value is -1.92. The second kappa shape index (κ2) is 12.9. The van der Waals surface area contributed by atoms with Crippen molar-refractivity contribution in [2.45, 2.75) is 71.1 Å². The Morgan fingerprint density at radius 2 is 1.69 bits per heavy atom. The van der Waals surface area contributed by atoms with Crippen LogP contribution in [0.25, 0.3) is 17.4 Å². The molecule has 2 aromatic rings. The molecule has 0 atom stereocenters. The first-order valence-corrected chi connectivity index (χ1v) is 12.9. The summed E-state index contributed by atoms with van der Waals surface area (Å²) in [5.74, 6) is 0.758. The normalized spacial score (nSPS) is 15.3. The van der Waals surface area contributed by atoms with Crippen molar-refractivity contribution in [1.82, 2.24) is 4.90 Å². The summed E-state index contributed by atoms with van der Waals surface area (Å²) >= 11 is 6.75. The predicted octanol–water partition coefficient (Wildman–Crippen LogP) is 8.21. The predicted molar refractivity (Wildman–Crippen MR) is 136 cm³/mol. The number of carbonyl (C=O) groups is 1. The van der Waals surface area contributed by atoms with Crippen molar-refractivity contribution in [3.63, 3.8) is 0 Å². The van der Waals surface area contributed by atoms with Gasteiger partial charge in [-0.3, -0.25) is 9.69 Å². The van der Waals surface area contributed by atoms with Crippen LogP contribution in [0.5, 0.6) is 0 Å². The summed E-state index contributed by atoms with van der Waals surface area (Å²) in [4.78, 5) is 15.1. The van der Waals surface area contributed by atoms with Crippen LogP contribution in [-0.4, -0.2) is 21.7 Å². The number of rotatable bonds is 13. The van der Waals surface area contributed by atoms with E-state index in [9.17, 15) is 9.18 Å². The lowest BCUT2D eigenvalue weighted by Gasteiger charge is -2.14. The average Bonchev–Trinajstić information content (AvgIpc) is 3.35. The number of halogens is 1. The quantitative estimate of drug-likeness (QED) is 0.167. The first-order valence-electron chi connectivity index (χ1n) is 11.7. The maximum Gasteiger partial charge on any atom is 0.266 e. The first kappa shape index (κ1) is 24.7. The lowest BCUT2D eigenvalue weighted by atomic mass is 10.1. The largest absolute Gasteiger partial charge is 0.457 e. The first-order chi connectivity index (χ1) is 15.6. The molecule has 0 N–H and O–H groups in total. The van der Waals surface area contributed by atoms with Crippen molar-refractivity contribution in [2.75, 3.05) is 6.54 Å². The van der Waals surface area contributed by atoms with E-state index >= 15 is 0 Å². The van der Waals surface area contributed by atoms with Crippen LogP contribution in [0.3, 0.4) is 0 Å². The zero-order valence-electron chi connectivity index (χ0n) is 18.8. The number of unbranched alkanes of at least 4 members (excludes halogenated alkanes) is 9. The van der Waals surface area contributed by atoms with Gasteiger partial charge in [0.2, 0.25) is 0 Å². The minimum Gasteiger partial charge on any atom is -0.457 e. The van der Waals surface area contributed by atoms with E-state index in [1.165, 1.54) is 75.3 Å². The lowest BCUT2D eigenvalue weighted by molar-refractivity contribution is -0.122. The van der Waals surface area contributed by atoms with Gasteiger partial charge in [-0.2, -0.15) is 0 Å². The van der Waals surface area contributed by atoms with Crippen molar-refractivity contribution in [2.24, 2.45) is 0 Å². The Labute approximate surface area is 200 Å². The second-order valence-electron chi connectivity index (χ2n) is 8.23. The molecular formula is C26H32FNO2S2. The maximum absolute atomic E-state index is 13.4. The van der Waals surface area contributed by atoms with Crippen LogP contribution in [0, 0.1) is 5.82 Å². The zero-order valence-corrected chi connectivity index (χ0v) is 20.4. The van der Waals surface area contributed by atoms with Gasteiger partial charge < -0.3 is 4.42 Å². The number of benzene rings is 1. The van der Waals surface area contributed by atoms with E-state index in [-0.39, 0.29) is 11.7 Å². The van der Waals surface area contributed by atoms with Gasteiger partial charge in [0.25, 0.3) is 5.91 Å². The fourth-order valence-electron chi connectivity index (χ4n) is 3.81. The molecule has 1 aromatic carbocycles. The van der Waals surface area contributed by atoms with Crippen molar-refractivity contribution in [3.05, 3.63) is 52.9 Å². The van der Waals surface area contributed by atoms with E-state index in [0.717, 1.165) is 12.8 Å². The van der Waals surface area contributed by atoms with Crippen molar-refractivity contribution in [1.29, 1.82) is 0 Å². The lowest BCUT2D eigenvalue weighted by Crippen LogP contribution is -2.28. The second-order valence-corrected chi connectivity index (χ2v) is 9.90. The molecule has 0 bridgehead atoms. The highest BCUT2D eigenvalue weighted by Gasteiger charge is 2.31. The minimum atomic E-state index is -0.312. The van der Waals surface area contributed by atoms with Crippen molar-refractivity contribution < 1.29 is 13.6 Å². The Kier molecular flexibility index (Phi) is 10.0. The highest BCUT2D eigenvalue weighted by atomic mass is 32.2. The molecule has 1 aliphatic heterocycles. The van der Waals surface area contributed by atoms with Gasteiger partial charge in [-0.05, 0) is 30.7 Å². The molecule has 1 aromatic heterocycles. The molecule has 0 saturated carbocycles. The Balaban J connectivity index is 1.43. The number of amides is 1. The molecule has 0 spiro atoms. The minimum absolute atomic E-state index is 0.0559. The van der Waals surface area contributed by atoms with E-state index in [1.807, 2.05) is 0 Å². The van der Waals surface area contributed by atoms with Crippen LogP contribution >= 0.6 is 24.0 Å². The third kappa shape index (κ3) is 7.31. The number of carbonyl (C=O) groups excluding carboxylic acids is 1. The van der Waals surface area contributed by atoms with Gasteiger partial charge in [0, 0.05) is 18.2 Å². The van der Waals surface area contributed by atoms with E-state index in [2.05, 4.69) is 6.92 Å². The Morgan fingerprint density at radius 3 is 2.38 bits per heavy atom. The van der Waals surface area contributed by atoms with E-state index < -0.39 is 0 Å². The highest BCUT2D eigenvalue weighted by molar-refractivity contribution is 8.26. The molecule has 172 valence electrons. The molecule has 1 amide bonds. The molecular weight excluding hydrogens is 441 g/mol. The third-order valence-corrected chi connectivity index (χ3v) is 7.00. The van der Waals surface area contributed by atoms with E-state index in [0.29, 0.717) is 32.9 Å². The Morgan fingerprint density at radius 1 is 1.00 bits per heavy atom. The number of furan rings is 1. The summed E-state index contributed by atoms with van der Waals surface area (Å²) < 4.78 is 19.9. The SMILES string of the molecule is CCCCCCCCCCCCN1C(=O)C(=Cc2ccc(-c3cccc(F)c3)o2)SC1=S. The van der Waals surface area contributed by atoms with E-state index in [4.69, 9.17) is 16.6 Å². The average molecular weight is 474 g/mol. The summed E-state index contributed by atoms with van der Waals surface area (Å²) in [5.41, 5.74) is 0.665. The number of hydrogen-bond acceptors (Lipinski definition) is 4. The summed E-state index contributed by atoms with van der Waals surface area (Å²) in [6.45, 7) is 2.92. The van der Waals surface area contributed by atoms with Crippen LogP contribution in [-0.2, 0) is 4.79 Å². The topological polar surface area (TPSA) is 33.5 Å². The van der Waals surface area contributed by atoms with Gasteiger partial charge in [0.1, 0.15) is 21.7 Å². The summed E-state index contributed by atoms with van der Waals surface area (Å²) in [5, 5.41) is 0. The van der Waals surface area contributed by atoms with Crippen molar-refractivity contribution >= 4 is 40.3 Å². The fraction of sp³-hybridized carbons (Fsp3) is 0.462. The van der Waals surface area contributed by atoms with Gasteiger partial charge in [-0.15, -0.1) is 0 Å². The van der Waals surface area contributed by atoms with Gasteiger partial charge in [-0.25, -0.2) is 4.39 Å². The summed E-state index contributed by atoms with van der Waals surface area (Å²) in [6.07, 6.45) is 14.3. The molecule has 6 heteroatoms. The van der Waals surface area contributed by atoms with Crippen LogP contribution in [0.4, 0.5) is 4.39 Å². The zero-order chi connectivity index (χ0) is 22.8. The summed E-state index contributed by atoms with van der Waals surface area (Å²) in [6, 6.07) is 9.82. The molecule has 3 nitrogen and oxygen atoms in total. The molecule has 3 rings (SSSR count). The molecule has 1 saturated heterocycles. The van der Waals surface area contributed by atoms with Gasteiger partial charge in [-0.1, -0.05) is 101 Å². The van der Waals surface area contributed by atoms with Gasteiger partial charge in [0.05, 0.1) is 4.91 Å². The smallest absolute Gasteiger partial charge is 0.266 e. The molecule has 32 heavy (non-hydrogen) atoms. The standard InChI is InChI=1S/C26H32FNO2S2/c1-2-3-4-5-6-7-8-9-10-11-17-28-25(29)24(32-26(28)31)19-22-15-16-23(30-22)20-13-12-14-21(27)18-20/h12-16,18-19H,2-11,17H2,1H3. The number of thioether (sulfide) groups is 1. The maximum atomic E-state index is 13.4. The van der Waals surface area contributed by atoms with Crippen LogP contribution < -0.4 is 0 Å². The monoisotopic (exact) mass is 473 g/mol. The fourth-order valence-corrected chi connectivity index (χ4v) is 5.10. The molecule has 0 unspecified atom stereocenters. The molecule has 1 fully saturated rings. The number of hydrogen-bond donors (Lipinski definition) is 0. The summed E-state index contributed by atoms with van der Waals surface area (Å²) in [7, 11) is 0. The van der Waals surface area contributed by atoms with Crippen LogP contribution in [0.15, 0.2) is 45.7 Å².